The molecule has 2 N–H and O–H groups in total. The van der Waals surface area contributed by atoms with Gasteiger partial charge in [-0.15, -0.1) is 11.3 Å². The lowest BCUT2D eigenvalue weighted by Gasteiger charge is -2.26. The number of carbonyl (C=O) groups is 3. The molecule has 1 aromatic rings. The van der Waals surface area contributed by atoms with Crippen molar-refractivity contribution in [2.75, 3.05) is 11.9 Å². The topological polar surface area (TPSA) is 92.7 Å². The fourth-order valence-corrected chi connectivity index (χ4v) is 7.33. The first-order chi connectivity index (χ1) is 14.8. The maximum absolute atomic E-state index is 13.5. The van der Waals surface area contributed by atoms with E-state index in [9.17, 15) is 19.5 Å². The van der Waals surface area contributed by atoms with Gasteiger partial charge in [-0.05, 0) is 76.7 Å². The quantitative estimate of drug-likeness (QED) is 0.385. The lowest BCUT2D eigenvalue weighted by Crippen LogP contribution is -2.38. The molecule has 168 valence electrons. The summed E-state index contributed by atoms with van der Waals surface area (Å²) in [6.45, 7) is 6.06. The van der Waals surface area contributed by atoms with Gasteiger partial charge in [0, 0.05) is 4.88 Å². The molecule has 7 heteroatoms. The van der Waals surface area contributed by atoms with Gasteiger partial charge in [-0.1, -0.05) is 17.6 Å². The fourth-order valence-electron chi connectivity index (χ4n) is 6.05. The number of allylic oxidation sites excluding steroid dienone is 2. The van der Waals surface area contributed by atoms with Gasteiger partial charge >= 0.3 is 11.9 Å². The molecule has 6 nitrogen and oxygen atoms in total. The first-order valence-corrected chi connectivity index (χ1v) is 12.2. The number of nitrogens with one attached hydrogen (secondary N) is 1. The summed E-state index contributed by atoms with van der Waals surface area (Å²) in [4.78, 5) is 39.5. The Hall–Kier alpha value is -2.15. The van der Waals surface area contributed by atoms with Crippen LogP contribution in [0.4, 0.5) is 5.00 Å². The first-order valence-electron chi connectivity index (χ1n) is 11.4. The predicted octanol–water partition coefficient (Wildman–Crippen LogP) is 4.83. The molecule has 0 unspecified atom stereocenters. The smallest absolute Gasteiger partial charge is 0.341 e. The summed E-state index contributed by atoms with van der Waals surface area (Å²) in [5.74, 6) is -2.97. The fraction of sp³-hybridized carbons (Fsp3) is 0.625. The summed E-state index contributed by atoms with van der Waals surface area (Å²) in [6.07, 6.45) is 6.59. The van der Waals surface area contributed by atoms with Crippen molar-refractivity contribution in [2.45, 2.75) is 65.7 Å². The number of ether oxygens (including phenoxy) is 1. The van der Waals surface area contributed by atoms with Crippen LogP contribution < -0.4 is 5.32 Å². The van der Waals surface area contributed by atoms with Crippen molar-refractivity contribution >= 4 is 34.2 Å². The van der Waals surface area contributed by atoms with E-state index in [-0.39, 0.29) is 24.3 Å². The van der Waals surface area contributed by atoms with E-state index in [1.807, 2.05) is 13.8 Å². The highest BCUT2D eigenvalue weighted by Crippen LogP contribution is 2.57. The highest BCUT2D eigenvalue weighted by atomic mass is 32.1. The molecule has 0 saturated heterocycles. The van der Waals surface area contributed by atoms with Gasteiger partial charge in [0.2, 0.25) is 5.91 Å². The first kappa shape index (κ1) is 22.1. The predicted molar refractivity (Wildman–Crippen MR) is 119 cm³/mol. The van der Waals surface area contributed by atoms with Crippen molar-refractivity contribution in [1.82, 2.24) is 0 Å². The van der Waals surface area contributed by atoms with E-state index in [1.165, 1.54) is 11.3 Å². The Morgan fingerprint density at radius 2 is 1.74 bits per heavy atom. The average molecular weight is 446 g/mol. The second-order valence-corrected chi connectivity index (χ2v) is 10.2. The number of anilines is 1. The number of aryl methyl sites for hydroxylation is 1. The van der Waals surface area contributed by atoms with Gasteiger partial charge in [0.1, 0.15) is 5.00 Å². The molecular formula is C24H31NO5S. The standard InChI is InChI=1S/C24H31NO5S/c1-4-30-24(29)20-13-8-6-5-7-9-16(13)31-22(20)25-21(26)18-14-10-11-15(17(14)12(2)3)19(18)23(27)28/h14-15,18-19H,4-11H2,1-3H3,(H,25,26)(H,27,28)/t14-,15-,18+,19-/m0/s1. The number of aliphatic carboxylic acids is 1. The van der Waals surface area contributed by atoms with Crippen LogP contribution in [0.25, 0.3) is 0 Å². The average Bonchev–Trinajstić information content (AvgIpc) is 3.32. The van der Waals surface area contributed by atoms with Gasteiger partial charge in [-0.3, -0.25) is 9.59 Å². The van der Waals surface area contributed by atoms with Crippen LogP contribution >= 0.6 is 11.3 Å². The van der Waals surface area contributed by atoms with E-state index in [1.54, 1.807) is 6.92 Å². The summed E-state index contributed by atoms with van der Waals surface area (Å²) in [5.41, 5.74) is 3.77. The molecule has 4 atom stereocenters. The number of rotatable bonds is 5. The molecule has 3 aliphatic rings. The number of carbonyl (C=O) groups excluding carboxylic acids is 2. The summed E-state index contributed by atoms with van der Waals surface area (Å²) >= 11 is 1.46. The third kappa shape index (κ3) is 3.81. The molecule has 3 aliphatic carbocycles. The molecule has 1 amide bonds. The Kier molecular flexibility index (Phi) is 6.24. The number of amides is 1. The van der Waals surface area contributed by atoms with Gasteiger partial charge in [0.25, 0.3) is 0 Å². The van der Waals surface area contributed by atoms with Crippen molar-refractivity contribution in [2.24, 2.45) is 23.7 Å². The molecule has 0 radical (unpaired) electrons. The number of carboxylic acid groups (broad SMARTS) is 1. The highest BCUT2D eigenvalue weighted by molar-refractivity contribution is 7.17. The zero-order valence-electron chi connectivity index (χ0n) is 18.5. The van der Waals surface area contributed by atoms with Crippen molar-refractivity contribution in [3.8, 4) is 0 Å². The van der Waals surface area contributed by atoms with E-state index < -0.39 is 23.8 Å². The Bertz CT molecular complexity index is 942. The molecule has 0 aliphatic heterocycles. The number of hydrogen-bond acceptors (Lipinski definition) is 5. The Morgan fingerprint density at radius 1 is 1.06 bits per heavy atom. The minimum Gasteiger partial charge on any atom is -0.481 e. The van der Waals surface area contributed by atoms with Gasteiger partial charge < -0.3 is 15.2 Å². The zero-order valence-corrected chi connectivity index (χ0v) is 19.3. The van der Waals surface area contributed by atoms with Crippen LogP contribution in [-0.4, -0.2) is 29.6 Å². The molecule has 31 heavy (non-hydrogen) atoms. The van der Waals surface area contributed by atoms with Gasteiger partial charge in [0.05, 0.1) is 24.0 Å². The monoisotopic (exact) mass is 445 g/mol. The van der Waals surface area contributed by atoms with Gasteiger partial charge in [0.15, 0.2) is 0 Å². The second-order valence-electron chi connectivity index (χ2n) is 9.11. The van der Waals surface area contributed by atoms with Crippen LogP contribution in [0, 0.1) is 23.7 Å². The SMILES string of the molecule is CCOC(=O)c1c(NC(=O)[C@H]2[C@@H](C(=O)O)[C@H]3CC[C@H]2C3=C(C)C)sc2c1CCCCC2. The lowest BCUT2D eigenvalue weighted by molar-refractivity contribution is -0.148. The van der Waals surface area contributed by atoms with Crippen LogP contribution in [0.3, 0.4) is 0 Å². The van der Waals surface area contributed by atoms with E-state index >= 15 is 0 Å². The Labute approximate surface area is 187 Å². The number of thiophene rings is 1. The maximum Gasteiger partial charge on any atom is 0.341 e. The van der Waals surface area contributed by atoms with E-state index in [0.717, 1.165) is 66.5 Å². The van der Waals surface area contributed by atoms with Crippen LogP contribution in [0.15, 0.2) is 11.1 Å². The lowest BCUT2D eigenvalue weighted by atomic mass is 9.78. The van der Waals surface area contributed by atoms with Crippen molar-refractivity contribution in [3.05, 3.63) is 27.2 Å². The van der Waals surface area contributed by atoms with E-state index in [2.05, 4.69) is 5.32 Å². The summed E-state index contributed by atoms with van der Waals surface area (Å²) in [7, 11) is 0. The maximum atomic E-state index is 13.5. The molecule has 0 aromatic carbocycles. The molecule has 2 saturated carbocycles. The van der Waals surface area contributed by atoms with Crippen LogP contribution in [0.1, 0.15) is 73.7 Å². The van der Waals surface area contributed by atoms with Crippen LogP contribution in [0.2, 0.25) is 0 Å². The molecular weight excluding hydrogens is 414 g/mol. The molecule has 1 aromatic heterocycles. The van der Waals surface area contributed by atoms with Gasteiger partial charge in [-0.2, -0.15) is 0 Å². The summed E-state index contributed by atoms with van der Waals surface area (Å²) in [6, 6.07) is 0. The minimum absolute atomic E-state index is 0.0278. The number of carboxylic acids is 1. The summed E-state index contributed by atoms with van der Waals surface area (Å²) < 4.78 is 5.31. The van der Waals surface area contributed by atoms with Crippen molar-refractivity contribution in [1.29, 1.82) is 0 Å². The Balaban J connectivity index is 1.68. The number of esters is 1. The third-order valence-electron chi connectivity index (χ3n) is 7.14. The molecule has 2 fully saturated rings. The molecule has 2 bridgehead atoms. The molecule has 4 rings (SSSR count). The molecule has 1 heterocycles. The minimum atomic E-state index is -0.904. The van der Waals surface area contributed by atoms with Crippen molar-refractivity contribution in [3.63, 3.8) is 0 Å². The summed E-state index contributed by atoms with van der Waals surface area (Å²) in [5, 5.41) is 13.4. The van der Waals surface area contributed by atoms with Crippen LogP contribution in [0.5, 0.6) is 0 Å². The van der Waals surface area contributed by atoms with Crippen LogP contribution in [-0.2, 0) is 27.2 Å². The van der Waals surface area contributed by atoms with Crippen molar-refractivity contribution < 1.29 is 24.2 Å². The highest BCUT2D eigenvalue weighted by Gasteiger charge is 2.57. The molecule has 0 spiro atoms. The Morgan fingerprint density at radius 3 is 2.39 bits per heavy atom. The third-order valence-corrected chi connectivity index (χ3v) is 8.35. The number of hydrogen-bond donors (Lipinski definition) is 2. The van der Waals surface area contributed by atoms with Gasteiger partial charge in [-0.25, -0.2) is 4.79 Å². The zero-order chi connectivity index (χ0) is 22.3. The largest absolute Gasteiger partial charge is 0.481 e. The number of fused-ring (bicyclic) bond motifs is 3. The van der Waals surface area contributed by atoms with E-state index in [4.69, 9.17) is 4.74 Å². The van der Waals surface area contributed by atoms with E-state index in [0.29, 0.717) is 10.6 Å². The normalized spacial score (nSPS) is 26.9. The second kappa shape index (κ2) is 8.77.